The largest absolute Gasteiger partial charge is 0.308 e. The number of aryl methyl sites for hydroxylation is 1. The first-order valence-electron chi connectivity index (χ1n) is 3.52. The van der Waals surface area contributed by atoms with E-state index in [-0.39, 0.29) is 0 Å². The molecular weight excluding hydrogens is 138 g/mol. The number of hydrogen-bond acceptors (Lipinski definition) is 3. The number of aromatic nitrogens is 1. The van der Waals surface area contributed by atoms with Gasteiger partial charge < -0.3 is 5.43 Å². The number of anilines is 1. The molecule has 2 rings (SSSR count). The van der Waals surface area contributed by atoms with Crippen LogP contribution in [0.4, 0.5) is 5.69 Å². The van der Waals surface area contributed by atoms with Crippen molar-refractivity contribution in [3.05, 3.63) is 29.7 Å². The Kier molecular flexibility index (Phi) is 1.28. The molecule has 3 nitrogen and oxygen atoms in total. The Morgan fingerprint density at radius 2 is 2.27 bits per heavy atom. The van der Waals surface area contributed by atoms with Crippen molar-refractivity contribution >= 4 is 11.8 Å². The van der Waals surface area contributed by atoms with E-state index >= 15 is 0 Å². The van der Waals surface area contributed by atoms with Crippen molar-refractivity contribution in [2.24, 2.45) is 0 Å². The number of fused-ring (bicyclic) bond motifs is 1. The minimum Gasteiger partial charge on any atom is -0.308 e. The third-order valence-corrected chi connectivity index (χ3v) is 1.60. The van der Waals surface area contributed by atoms with E-state index in [1.54, 1.807) is 0 Å². The molecule has 11 heavy (non-hydrogen) atoms. The van der Waals surface area contributed by atoms with Crippen LogP contribution in [0, 0.1) is 6.92 Å². The second-order valence-electron chi connectivity index (χ2n) is 2.49. The molecule has 0 aromatic carbocycles. The van der Waals surface area contributed by atoms with Crippen LogP contribution in [0.1, 0.15) is 11.4 Å². The lowest BCUT2D eigenvalue weighted by molar-refractivity contribution is 1.02. The predicted molar refractivity (Wildman–Crippen MR) is 44.8 cm³/mol. The van der Waals surface area contributed by atoms with Gasteiger partial charge in [0.25, 0.3) is 0 Å². The van der Waals surface area contributed by atoms with Crippen LogP contribution in [-0.2, 0) is 0 Å². The maximum Gasteiger partial charge on any atom is 0.0897 e. The lowest BCUT2D eigenvalue weighted by Gasteiger charge is -2.13. The smallest absolute Gasteiger partial charge is 0.0897 e. The summed E-state index contributed by atoms with van der Waals surface area (Å²) in [4.78, 5) is 4.32. The van der Waals surface area contributed by atoms with Crippen molar-refractivity contribution in [1.29, 1.82) is 0 Å². The van der Waals surface area contributed by atoms with Crippen molar-refractivity contribution in [2.75, 3.05) is 5.43 Å². The fraction of sp³-hybridized carbons (Fsp3) is 0.125. The predicted octanol–water partition coefficient (Wildman–Crippen LogP) is 1.29. The van der Waals surface area contributed by atoms with Crippen LogP contribution in [0.15, 0.2) is 18.3 Å². The summed E-state index contributed by atoms with van der Waals surface area (Å²) in [7, 11) is 0. The number of rotatable bonds is 0. The van der Waals surface area contributed by atoms with Crippen LogP contribution in [0.2, 0.25) is 0 Å². The zero-order chi connectivity index (χ0) is 7.68. The van der Waals surface area contributed by atoms with E-state index in [2.05, 4.69) is 15.8 Å². The molecule has 0 atom stereocenters. The lowest BCUT2D eigenvalue weighted by atomic mass is 10.2. The maximum absolute atomic E-state index is 4.32. The highest BCUT2D eigenvalue weighted by molar-refractivity contribution is 5.65. The van der Waals surface area contributed by atoms with Gasteiger partial charge in [-0.25, -0.2) is 0 Å². The van der Waals surface area contributed by atoms with E-state index in [9.17, 15) is 0 Å². The van der Waals surface area contributed by atoms with Crippen molar-refractivity contribution in [3.63, 3.8) is 0 Å². The fourth-order valence-corrected chi connectivity index (χ4v) is 1.05. The summed E-state index contributed by atoms with van der Waals surface area (Å²) < 4.78 is 0. The summed E-state index contributed by atoms with van der Waals surface area (Å²) in [6.45, 7) is 1.98. The van der Waals surface area contributed by atoms with E-state index in [0.717, 1.165) is 17.1 Å². The van der Waals surface area contributed by atoms with E-state index < -0.39 is 0 Å². The van der Waals surface area contributed by atoms with Crippen molar-refractivity contribution in [2.45, 2.75) is 6.92 Å². The number of pyridine rings is 1. The van der Waals surface area contributed by atoms with Gasteiger partial charge in [-0.3, -0.25) is 10.4 Å². The molecular formula is C8H9N3. The van der Waals surface area contributed by atoms with E-state index in [4.69, 9.17) is 0 Å². The molecule has 56 valence electrons. The molecule has 0 aliphatic carbocycles. The minimum absolute atomic E-state index is 0.990. The van der Waals surface area contributed by atoms with E-state index in [1.165, 1.54) is 0 Å². The second kappa shape index (κ2) is 2.27. The molecule has 2 N–H and O–H groups in total. The van der Waals surface area contributed by atoms with E-state index in [1.807, 2.05) is 31.3 Å². The molecule has 1 aromatic heterocycles. The van der Waals surface area contributed by atoms with Crippen LogP contribution in [0.3, 0.4) is 0 Å². The summed E-state index contributed by atoms with van der Waals surface area (Å²) in [5.74, 6) is 0. The molecule has 0 unspecified atom stereocenters. The zero-order valence-electron chi connectivity index (χ0n) is 6.26. The van der Waals surface area contributed by atoms with Crippen LogP contribution < -0.4 is 10.9 Å². The molecule has 1 aromatic rings. The summed E-state index contributed by atoms with van der Waals surface area (Å²) in [5, 5.41) is 0. The number of nitrogens with zero attached hydrogens (tertiary/aromatic N) is 1. The van der Waals surface area contributed by atoms with Gasteiger partial charge in [0.05, 0.1) is 11.4 Å². The summed E-state index contributed by atoms with van der Waals surface area (Å²) in [6, 6.07) is 3.99. The van der Waals surface area contributed by atoms with Crippen LogP contribution >= 0.6 is 0 Å². The Bertz CT molecular complexity index is 304. The van der Waals surface area contributed by atoms with Crippen molar-refractivity contribution in [1.82, 2.24) is 10.4 Å². The average molecular weight is 147 g/mol. The molecule has 2 heterocycles. The monoisotopic (exact) mass is 147 g/mol. The van der Waals surface area contributed by atoms with Crippen LogP contribution in [-0.4, -0.2) is 4.98 Å². The van der Waals surface area contributed by atoms with E-state index in [0.29, 0.717) is 0 Å². The van der Waals surface area contributed by atoms with Crippen molar-refractivity contribution in [3.8, 4) is 0 Å². The molecule has 0 spiro atoms. The molecule has 0 radical (unpaired) electrons. The Labute approximate surface area is 65.1 Å². The van der Waals surface area contributed by atoms with Crippen LogP contribution in [0.25, 0.3) is 6.08 Å². The SMILES string of the molecule is Cc1ccc2c(n1)C=CNN2. The van der Waals surface area contributed by atoms with Gasteiger partial charge in [0.1, 0.15) is 0 Å². The normalized spacial score (nSPS) is 13.2. The Morgan fingerprint density at radius 3 is 3.18 bits per heavy atom. The first-order valence-corrected chi connectivity index (χ1v) is 3.52. The van der Waals surface area contributed by atoms with Gasteiger partial charge in [-0.05, 0) is 25.1 Å². The fourth-order valence-electron chi connectivity index (χ4n) is 1.05. The summed E-state index contributed by atoms with van der Waals surface area (Å²) in [5.41, 5.74) is 8.93. The molecule has 3 heteroatoms. The number of nitrogens with one attached hydrogen (secondary N) is 2. The third-order valence-electron chi connectivity index (χ3n) is 1.60. The zero-order valence-corrected chi connectivity index (χ0v) is 6.26. The first-order chi connectivity index (χ1) is 5.36. The average Bonchev–Trinajstić information content (AvgIpc) is 2.04. The van der Waals surface area contributed by atoms with Gasteiger partial charge in [0.15, 0.2) is 0 Å². The summed E-state index contributed by atoms with van der Waals surface area (Å²) >= 11 is 0. The highest BCUT2D eigenvalue weighted by Crippen LogP contribution is 2.16. The Morgan fingerprint density at radius 1 is 1.36 bits per heavy atom. The topological polar surface area (TPSA) is 37.0 Å². The van der Waals surface area contributed by atoms with Gasteiger partial charge in [-0.15, -0.1) is 0 Å². The number of hydrazine groups is 1. The van der Waals surface area contributed by atoms with Crippen molar-refractivity contribution < 1.29 is 0 Å². The second-order valence-corrected chi connectivity index (χ2v) is 2.49. The Hall–Kier alpha value is -1.51. The Balaban J connectivity index is 2.54. The molecule has 1 aliphatic rings. The molecule has 0 bridgehead atoms. The highest BCUT2D eigenvalue weighted by Gasteiger charge is 2.02. The van der Waals surface area contributed by atoms with Gasteiger partial charge in [-0.1, -0.05) is 0 Å². The number of hydrogen-bond donors (Lipinski definition) is 2. The van der Waals surface area contributed by atoms with Crippen LogP contribution in [0.5, 0.6) is 0 Å². The van der Waals surface area contributed by atoms with Gasteiger partial charge in [0, 0.05) is 11.9 Å². The standard InChI is InChI=1S/C8H9N3/c1-6-2-3-8-7(10-6)4-5-9-11-8/h2-5,9,11H,1H3. The van der Waals surface area contributed by atoms with Gasteiger partial charge in [0.2, 0.25) is 0 Å². The maximum atomic E-state index is 4.32. The van der Waals surface area contributed by atoms with Gasteiger partial charge in [-0.2, -0.15) is 0 Å². The highest BCUT2D eigenvalue weighted by atomic mass is 15.4. The quantitative estimate of drug-likeness (QED) is 0.580. The van der Waals surface area contributed by atoms with Gasteiger partial charge >= 0.3 is 0 Å². The molecule has 1 aliphatic heterocycles. The minimum atomic E-state index is 0.990. The summed E-state index contributed by atoms with van der Waals surface area (Å²) in [6.07, 6.45) is 3.77. The molecule has 0 saturated heterocycles. The first kappa shape index (κ1) is 6.22. The third kappa shape index (κ3) is 1.05. The lowest BCUT2D eigenvalue weighted by Crippen LogP contribution is -2.18. The molecule has 0 amide bonds. The molecule has 0 saturated carbocycles. The molecule has 0 fully saturated rings.